The Hall–Kier alpha value is -4.05. The van der Waals surface area contributed by atoms with Gasteiger partial charge in [0.2, 0.25) is 0 Å². The van der Waals surface area contributed by atoms with Crippen molar-refractivity contribution in [3.8, 4) is 22.3 Å². The summed E-state index contributed by atoms with van der Waals surface area (Å²) in [4.78, 5) is 5.15. The van der Waals surface area contributed by atoms with Gasteiger partial charge in [0.15, 0.2) is 0 Å². The highest BCUT2D eigenvalue weighted by Crippen LogP contribution is 2.54. The van der Waals surface area contributed by atoms with Gasteiger partial charge in [-0.25, -0.2) is 0 Å². The molecule has 2 atom stereocenters. The average molecular weight is 590 g/mol. The van der Waals surface area contributed by atoms with E-state index in [0.717, 1.165) is 12.8 Å². The Kier molecular flexibility index (Phi) is 5.76. The molecule has 43 heavy (non-hydrogen) atoms. The number of fused-ring (bicyclic) bond motifs is 9. The van der Waals surface area contributed by atoms with Gasteiger partial charge in [-0.2, -0.15) is 0 Å². The van der Waals surface area contributed by atoms with Crippen LogP contribution in [0.2, 0.25) is 0 Å². The van der Waals surface area contributed by atoms with Crippen LogP contribution in [0, 0.1) is 0 Å². The molecular formula is C40H31NS2. The quantitative estimate of drug-likeness (QED) is 0.216. The molecule has 5 aromatic carbocycles. The number of thiophene rings is 1. The zero-order valence-electron chi connectivity index (χ0n) is 24.3. The predicted molar refractivity (Wildman–Crippen MR) is 189 cm³/mol. The van der Waals surface area contributed by atoms with Crippen LogP contribution in [0.25, 0.3) is 64.2 Å². The third-order valence-electron chi connectivity index (χ3n) is 9.59. The molecule has 208 valence electrons. The molecular weight excluding hydrogens is 559 g/mol. The summed E-state index contributed by atoms with van der Waals surface area (Å²) < 4.78 is 2.81. The fourth-order valence-electron chi connectivity index (χ4n) is 7.38. The van der Waals surface area contributed by atoms with Gasteiger partial charge in [0.05, 0.1) is 0 Å². The second kappa shape index (κ2) is 9.74. The topological polar surface area (TPSA) is 15.8 Å². The molecule has 1 N–H and O–H groups in total. The molecule has 0 bridgehead atoms. The van der Waals surface area contributed by atoms with E-state index in [1.54, 1.807) is 5.57 Å². The van der Waals surface area contributed by atoms with Gasteiger partial charge in [-0.05, 0) is 70.5 Å². The summed E-state index contributed by atoms with van der Waals surface area (Å²) >= 11 is 4.01. The lowest BCUT2D eigenvalue weighted by molar-refractivity contribution is 0.811. The monoisotopic (exact) mass is 589 g/mol. The molecule has 2 aromatic heterocycles. The Morgan fingerprint density at radius 3 is 2.14 bits per heavy atom. The van der Waals surface area contributed by atoms with Crippen LogP contribution >= 0.6 is 23.1 Å². The normalized spacial score (nSPS) is 17.7. The van der Waals surface area contributed by atoms with Gasteiger partial charge in [-0.15, -0.1) is 23.1 Å². The number of benzene rings is 5. The van der Waals surface area contributed by atoms with Crippen molar-refractivity contribution in [1.82, 2.24) is 4.98 Å². The van der Waals surface area contributed by atoms with Crippen molar-refractivity contribution in [3.05, 3.63) is 126 Å². The fraction of sp³-hybridized carbons (Fsp3) is 0.150. The Bertz CT molecular complexity index is 2310. The Labute approximate surface area is 260 Å². The largest absolute Gasteiger partial charge is 0.355 e. The molecule has 0 amide bonds. The summed E-state index contributed by atoms with van der Waals surface area (Å²) in [6.07, 6.45) is 9.16. The molecule has 0 saturated heterocycles. The lowest BCUT2D eigenvalue weighted by atomic mass is 9.86. The van der Waals surface area contributed by atoms with Gasteiger partial charge in [0, 0.05) is 58.0 Å². The number of aryl methyl sites for hydroxylation is 1. The molecule has 0 spiro atoms. The van der Waals surface area contributed by atoms with Crippen molar-refractivity contribution in [2.45, 2.75) is 42.8 Å². The molecule has 0 radical (unpaired) electrons. The first-order valence-electron chi connectivity index (χ1n) is 15.4. The molecule has 1 nitrogen and oxygen atoms in total. The molecule has 1 aliphatic heterocycles. The first-order chi connectivity index (χ1) is 21.2. The van der Waals surface area contributed by atoms with Crippen LogP contribution in [0.1, 0.15) is 37.3 Å². The van der Waals surface area contributed by atoms with Crippen LogP contribution in [0.3, 0.4) is 0 Å². The van der Waals surface area contributed by atoms with E-state index in [4.69, 9.17) is 0 Å². The van der Waals surface area contributed by atoms with Gasteiger partial charge in [-0.1, -0.05) is 104 Å². The lowest BCUT2D eigenvalue weighted by Gasteiger charge is -2.21. The summed E-state index contributed by atoms with van der Waals surface area (Å²) in [7, 11) is 0. The highest BCUT2D eigenvalue weighted by Gasteiger charge is 2.36. The summed E-state index contributed by atoms with van der Waals surface area (Å²) in [5, 5.41) is 5.84. The molecule has 0 fully saturated rings. The zero-order chi connectivity index (χ0) is 28.7. The molecule has 1 aliphatic carbocycles. The van der Waals surface area contributed by atoms with E-state index >= 15 is 0 Å². The maximum absolute atomic E-state index is 3.70. The van der Waals surface area contributed by atoms with Crippen LogP contribution in [0.5, 0.6) is 0 Å². The maximum Gasteiger partial charge on any atom is 0.0465 e. The van der Waals surface area contributed by atoms with Crippen molar-refractivity contribution in [3.63, 3.8) is 0 Å². The SMILES string of the molecule is CCC1=CC=CC2c3cccc(-c4ccc5[nH]c6ccc(-c7cccc8c7sc7c(CC)cccc78)cc6c5c4)c3SC12. The van der Waals surface area contributed by atoms with Crippen molar-refractivity contribution in [2.24, 2.45) is 0 Å². The first kappa shape index (κ1) is 25.4. The van der Waals surface area contributed by atoms with Gasteiger partial charge in [-0.3, -0.25) is 0 Å². The van der Waals surface area contributed by atoms with E-state index in [1.165, 1.54) is 80.3 Å². The number of hydrogen-bond donors (Lipinski definition) is 1. The summed E-state index contributed by atoms with van der Waals surface area (Å²) in [5.74, 6) is 0.476. The minimum Gasteiger partial charge on any atom is -0.355 e. The van der Waals surface area contributed by atoms with Crippen LogP contribution in [-0.2, 0) is 6.42 Å². The van der Waals surface area contributed by atoms with Crippen molar-refractivity contribution in [2.75, 3.05) is 0 Å². The lowest BCUT2D eigenvalue weighted by Crippen LogP contribution is -2.13. The number of aromatic amines is 1. The van der Waals surface area contributed by atoms with E-state index < -0.39 is 0 Å². The van der Waals surface area contributed by atoms with Gasteiger partial charge >= 0.3 is 0 Å². The molecule has 9 rings (SSSR count). The van der Waals surface area contributed by atoms with Crippen LogP contribution in [-0.4, -0.2) is 10.2 Å². The summed E-state index contributed by atoms with van der Waals surface area (Å²) in [6, 6.07) is 34.4. The minimum absolute atomic E-state index is 0.476. The number of rotatable bonds is 4. The van der Waals surface area contributed by atoms with Crippen LogP contribution in [0.15, 0.2) is 120 Å². The minimum atomic E-state index is 0.476. The third-order valence-corrected chi connectivity index (χ3v) is 12.5. The third kappa shape index (κ3) is 3.78. The van der Waals surface area contributed by atoms with Crippen molar-refractivity contribution in [1.29, 1.82) is 0 Å². The highest BCUT2D eigenvalue weighted by molar-refractivity contribution is 8.00. The number of H-pyrrole nitrogens is 1. The maximum atomic E-state index is 3.70. The van der Waals surface area contributed by atoms with E-state index in [0.29, 0.717) is 11.2 Å². The molecule has 7 aromatic rings. The van der Waals surface area contributed by atoms with E-state index in [-0.39, 0.29) is 0 Å². The number of nitrogens with one attached hydrogen (secondary N) is 1. The van der Waals surface area contributed by atoms with E-state index in [2.05, 4.69) is 140 Å². The molecule has 2 aliphatic rings. The Morgan fingerprint density at radius 2 is 1.37 bits per heavy atom. The second-order valence-corrected chi connectivity index (χ2v) is 14.0. The molecule has 3 heterocycles. The second-order valence-electron chi connectivity index (χ2n) is 11.8. The summed E-state index contributed by atoms with van der Waals surface area (Å²) in [6.45, 7) is 4.54. The van der Waals surface area contributed by atoms with Gasteiger partial charge < -0.3 is 4.98 Å². The predicted octanol–water partition coefficient (Wildman–Crippen LogP) is 12.0. The fourth-order valence-corrected chi connectivity index (χ4v) is 10.5. The highest BCUT2D eigenvalue weighted by atomic mass is 32.2. The van der Waals surface area contributed by atoms with Gasteiger partial charge in [0.25, 0.3) is 0 Å². The standard InChI is InChI=1S/C40H31NS2/c1-3-23-9-5-13-29-31-15-7-11-27(39(31)42-37(23)29)25-17-19-35-33(21-25)34-22-26(18-20-36(34)41-35)28-12-8-16-32-30-14-6-10-24(4-2)38(30)43-40(28)32/h5-22,29,37,41H,3-4H2,1-2H3. The number of thioether (sulfide) groups is 1. The van der Waals surface area contributed by atoms with Crippen LogP contribution in [0.4, 0.5) is 0 Å². The van der Waals surface area contributed by atoms with Gasteiger partial charge in [0.1, 0.15) is 0 Å². The van der Waals surface area contributed by atoms with E-state index in [1.807, 2.05) is 11.3 Å². The van der Waals surface area contributed by atoms with Crippen LogP contribution < -0.4 is 0 Å². The Balaban J connectivity index is 1.19. The number of allylic oxidation sites excluding steroid dienone is 3. The smallest absolute Gasteiger partial charge is 0.0465 e. The number of hydrogen-bond acceptors (Lipinski definition) is 2. The van der Waals surface area contributed by atoms with Crippen molar-refractivity contribution < 1.29 is 0 Å². The van der Waals surface area contributed by atoms with E-state index in [9.17, 15) is 0 Å². The molecule has 0 saturated carbocycles. The first-order valence-corrected chi connectivity index (χ1v) is 17.1. The zero-order valence-corrected chi connectivity index (χ0v) is 25.9. The molecule has 2 unspecified atom stereocenters. The van der Waals surface area contributed by atoms with Crippen molar-refractivity contribution >= 4 is 65.1 Å². The summed E-state index contributed by atoms with van der Waals surface area (Å²) in [5.41, 5.74) is 12.1. The average Bonchev–Trinajstić information content (AvgIpc) is 3.75. The Morgan fingerprint density at radius 1 is 0.674 bits per heavy atom. The molecule has 3 heteroatoms. The number of aromatic nitrogens is 1.